The molecule has 1 fully saturated rings. The summed E-state index contributed by atoms with van der Waals surface area (Å²) in [6.07, 6.45) is 0.483. The van der Waals surface area contributed by atoms with Gasteiger partial charge in [0.05, 0.1) is 7.11 Å². The molecule has 1 heterocycles. The fourth-order valence-electron chi connectivity index (χ4n) is 2.88. The van der Waals surface area contributed by atoms with E-state index in [9.17, 15) is 4.79 Å². The number of rotatable bonds is 10. The number of thioether (sulfide) groups is 1. The minimum absolute atomic E-state index is 0.0178. The van der Waals surface area contributed by atoms with Crippen LogP contribution in [0.15, 0.2) is 18.2 Å². The van der Waals surface area contributed by atoms with Crippen molar-refractivity contribution in [3.8, 4) is 11.5 Å². The molecule has 2 N–H and O–H groups in total. The summed E-state index contributed by atoms with van der Waals surface area (Å²) in [6, 6.07) is 5.76. The number of likely N-dealkylation sites (N-methyl/N-ethyl adjacent to an activating group) is 1. The number of methoxy groups -OCH3 is 1. The van der Waals surface area contributed by atoms with E-state index in [4.69, 9.17) is 9.47 Å². The molecule has 0 saturated carbocycles. The molecule has 1 aromatic carbocycles. The molecule has 1 aliphatic rings. The zero-order valence-electron chi connectivity index (χ0n) is 16.0. The molecule has 0 aliphatic carbocycles. The summed E-state index contributed by atoms with van der Waals surface area (Å²) in [5.41, 5.74) is 0.733. The van der Waals surface area contributed by atoms with Crippen LogP contribution < -0.4 is 20.1 Å². The van der Waals surface area contributed by atoms with Gasteiger partial charge >= 0.3 is 0 Å². The van der Waals surface area contributed by atoms with Crippen LogP contribution in [0.25, 0.3) is 0 Å². The fourth-order valence-corrected chi connectivity index (χ4v) is 3.83. The van der Waals surface area contributed by atoms with Crippen molar-refractivity contribution in [1.82, 2.24) is 10.2 Å². The van der Waals surface area contributed by atoms with E-state index in [1.165, 1.54) is 0 Å². The molecule has 0 radical (unpaired) electrons. The smallest absolute Gasteiger partial charge is 0.225 e. The van der Waals surface area contributed by atoms with Crippen molar-refractivity contribution < 1.29 is 14.3 Å². The van der Waals surface area contributed by atoms with E-state index in [2.05, 4.69) is 29.4 Å². The van der Waals surface area contributed by atoms with Gasteiger partial charge in [0.25, 0.3) is 0 Å². The van der Waals surface area contributed by atoms with Gasteiger partial charge in [0.2, 0.25) is 5.91 Å². The highest BCUT2D eigenvalue weighted by Gasteiger charge is 2.17. The van der Waals surface area contributed by atoms with Gasteiger partial charge in [-0.1, -0.05) is 13.8 Å². The second kappa shape index (κ2) is 11.3. The number of ether oxygens (including phenoxy) is 2. The Balaban J connectivity index is 1.91. The molecule has 26 heavy (non-hydrogen) atoms. The van der Waals surface area contributed by atoms with Gasteiger partial charge in [-0.05, 0) is 25.2 Å². The quantitative estimate of drug-likeness (QED) is 0.649. The maximum Gasteiger partial charge on any atom is 0.225 e. The van der Waals surface area contributed by atoms with Crippen LogP contribution in [0.2, 0.25) is 0 Å². The van der Waals surface area contributed by atoms with E-state index >= 15 is 0 Å². The van der Waals surface area contributed by atoms with Crippen molar-refractivity contribution in [2.24, 2.45) is 0 Å². The molecule has 1 aliphatic heterocycles. The van der Waals surface area contributed by atoms with Crippen LogP contribution in [0, 0.1) is 0 Å². The number of benzene rings is 1. The van der Waals surface area contributed by atoms with E-state index in [1.807, 2.05) is 30.0 Å². The average molecular weight is 382 g/mol. The van der Waals surface area contributed by atoms with Gasteiger partial charge in [0.15, 0.2) is 11.5 Å². The van der Waals surface area contributed by atoms with Gasteiger partial charge in [-0.3, -0.25) is 4.79 Å². The maximum absolute atomic E-state index is 12.3. The molecule has 1 saturated heterocycles. The van der Waals surface area contributed by atoms with Gasteiger partial charge in [0.1, 0.15) is 6.61 Å². The molecular weight excluding hydrogens is 350 g/mol. The molecule has 1 aromatic rings. The lowest BCUT2D eigenvalue weighted by Gasteiger charge is -2.22. The van der Waals surface area contributed by atoms with E-state index in [-0.39, 0.29) is 11.9 Å². The number of amides is 1. The van der Waals surface area contributed by atoms with Crippen LogP contribution in [0.3, 0.4) is 0 Å². The summed E-state index contributed by atoms with van der Waals surface area (Å²) in [7, 11) is 1.62. The minimum Gasteiger partial charge on any atom is -0.493 e. The molecule has 7 heteroatoms. The van der Waals surface area contributed by atoms with Crippen LogP contribution in [0.4, 0.5) is 5.69 Å². The first-order valence-corrected chi connectivity index (χ1v) is 10.5. The van der Waals surface area contributed by atoms with Crippen LogP contribution in [-0.4, -0.2) is 68.3 Å². The number of nitrogens with zero attached hydrogens (tertiary/aromatic N) is 1. The lowest BCUT2D eigenvalue weighted by Crippen LogP contribution is -2.39. The molecule has 0 bridgehead atoms. The van der Waals surface area contributed by atoms with Crippen molar-refractivity contribution in [1.29, 1.82) is 0 Å². The second-order valence-electron chi connectivity index (χ2n) is 6.22. The molecule has 1 unspecified atom stereocenters. The summed E-state index contributed by atoms with van der Waals surface area (Å²) in [5.74, 6) is 3.45. The standard InChI is InChI=1S/C19H31N3O3S/c1-4-22(5-2)9-10-25-18-12-15(6-7-17(18)24-3)21-19(23)13-16-14-26-11-8-20-16/h6-7,12,16,20H,4-5,8-11,13-14H2,1-3H3,(H,21,23). The molecule has 6 nitrogen and oxygen atoms in total. The summed E-state index contributed by atoms with van der Waals surface area (Å²) in [4.78, 5) is 14.6. The van der Waals surface area contributed by atoms with Gasteiger partial charge < -0.3 is 25.0 Å². The fraction of sp³-hybridized carbons (Fsp3) is 0.632. The third kappa shape index (κ3) is 6.70. The Hall–Kier alpha value is -1.44. The Labute approximate surface area is 161 Å². The molecule has 2 rings (SSSR count). The predicted molar refractivity (Wildman–Crippen MR) is 109 cm³/mol. The van der Waals surface area contributed by atoms with Gasteiger partial charge in [-0.25, -0.2) is 0 Å². The van der Waals surface area contributed by atoms with E-state index < -0.39 is 0 Å². The molecular formula is C19H31N3O3S. The van der Waals surface area contributed by atoms with Gasteiger partial charge in [-0.2, -0.15) is 11.8 Å². The monoisotopic (exact) mass is 381 g/mol. The van der Waals surface area contributed by atoms with Crippen LogP contribution in [-0.2, 0) is 4.79 Å². The molecule has 1 atom stereocenters. The Morgan fingerprint density at radius 2 is 2.15 bits per heavy atom. The van der Waals surface area contributed by atoms with Crippen molar-refractivity contribution in [3.63, 3.8) is 0 Å². The highest BCUT2D eigenvalue weighted by atomic mass is 32.2. The first-order valence-electron chi connectivity index (χ1n) is 9.30. The number of carbonyl (C=O) groups is 1. The Kier molecular flexibility index (Phi) is 9.08. The van der Waals surface area contributed by atoms with Crippen molar-refractivity contribution in [3.05, 3.63) is 18.2 Å². The lowest BCUT2D eigenvalue weighted by atomic mass is 10.2. The molecule has 1 amide bonds. The normalized spacial score (nSPS) is 17.2. The summed E-state index contributed by atoms with van der Waals surface area (Å²) < 4.78 is 11.3. The van der Waals surface area contributed by atoms with Gasteiger partial charge in [-0.15, -0.1) is 0 Å². The lowest BCUT2D eigenvalue weighted by molar-refractivity contribution is -0.116. The Morgan fingerprint density at radius 3 is 2.81 bits per heavy atom. The summed E-state index contributed by atoms with van der Waals surface area (Å²) in [5, 5.41) is 6.35. The van der Waals surface area contributed by atoms with Crippen molar-refractivity contribution in [2.75, 3.05) is 56.7 Å². The van der Waals surface area contributed by atoms with Gasteiger partial charge in [0, 0.05) is 48.8 Å². The number of carbonyl (C=O) groups excluding carboxylic acids is 1. The summed E-state index contributed by atoms with van der Waals surface area (Å²) in [6.45, 7) is 8.69. The SMILES string of the molecule is CCN(CC)CCOc1cc(NC(=O)CC2CSCCN2)ccc1OC. The van der Waals surface area contributed by atoms with E-state index in [0.717, 1.165) is 43.4 Å². The molecule has 0 aromatic heterocycles. The van der Waals surface area contributed by atoms with Crippen LogP contribution in [0.1, 0.15) is 20.3 Å². The number of hydrogen-bond donors (Lipinski definition) is 2. The second-order valence-corrected chi connectivity index (χ2v) is 7.37. The zero-order valence-corrected chi connectivity index (χ0v) is 16.9. The third-order valence-corrected chi connectivity index (χ3v) is 5.57. The average Bonchev–Trinajstić information content (AvgIpc) is 2.66. The predicted octanol–water partition coefficient (Wildman–Crippen LogP) is 2.45. The van der Waals surface area contributed by atoms with Crippen molar-refractivity contribution in [2.45, 2.75) is 26.3 Å². The molecule has 146 valence electrons. The highest BCUT2D eigenvalue weighted by Crippen LogP contribution is 2.30. The minimum atomic E-state index is 0.0178. The van der Waals surface area contributed by atoms with E-state index in [1.54, 1.807) is 7.11 Å². The molecule has 0 spiro atoms. The largest absolute Gasteiger partial charge is 0.493 e. The third-order valence-electron chi connectivity index (χ3n) is 4.44. The Bertz CT molecular complexity index is 561. The highest BCUT2D eigenvalue weighted by molar-refractivity contribution is 7.99. The maximum atomic E-state index is 12.3. The number of nitrogens with one attached hydrogen (secondary N) is 2. The topological polar surface area (TPSA) is 62.8 Å². The zero-order chi connectivity index (χ0) is 18.8. The number of hydrogen-bond acceptors (Lipinski definition) is 6. The Morgan fingerprint density at radius 1 is 1.35 bits per heavy atom. The van der Waals surface area contributed by atoms with Crippen LogP contribution >= 0.6 is 11.8 Å². The summed E-state index contributed by atoms with van der Waals surface area (Å²) >= 11 is 1.89. The first-order chi connectivity index (χ1) is 12.7. The van der Waals surface area contributed by atoms with Crippen molar-refractivity contribution >= 4 is 23.4 Å². The van der Waals surface area contributed by atoms with Crippen LogP contribution in [0.5, 0.6) is 11.5 Å². The van der Waals surface area contributed by atoms with E-state index in [0.29, 0.717) is 24.5 Å². The first kappa shape index (κ1) is 20.9. The number of anilines is 1.